The lowest BCUT2D eigenvalue weighted by Crippen LogP contribution is -2.29. The van der Waals surface area contributed by atoms with Gasteiger partial charge in [-0.15, -0.1) is 0 Å². The first kappa shape index (κ1) is 22.5. The van der Waals surface area contributed by atoms with Crippen molar-refractivity contribution in [1.29, 1.82) is 0 Å². The summed E-state index contributed by atoms with van der Waals surface area (Å²) in [7, 11) is 1.52. The molecule has 0 N–H and O–H groups in total. The van der Waals surface area contributed by atoms with Gasteiger partial charge in [0.2, 0.25) is 5.76 Å². The number of carbonyl (C=O) groups excluding carboxylic acids is 1. The van der Waals surface area contributed by atoms with Crippen LogP contribution < -0.4 is 19.8 Å². The van der Waals surface area contributed by atoms with Gasteiger partial charge in [-0.05, 0) is 61.0 Å². The second kappa shape index (κ2) is 8.81. The van der Waals surface area contributed by atoms with Gasteiger partial charge >= 0.3 is 0 Å². The van der Waals surface area contributed by atoms with E-state index in [0.717, 1.165) is 10.0 Å². The van der Waals surface area contributed by atoms with Crippen LogP contribution in [0.4, 0.5) is 5.69 Å². The van der Waals surface area contributed by atoms with Crippen LogP contribution in [0.2, 0.25) is 5.02 Å². The van der Waals surface area contributed by atoms with Crippen molar-refractivity contribution in [2.24, 2.45) is 0 Å². The highest BCUT2D eigenvalue weighted by molar-refractivity contribution is 9.10. The second-order valence-corrected chi connectivity index (χ2v) is 9.04. The molecule has 0 saturated carbocycles. The van der Waals surface area contributed by atoms with Crippen molar-refractivity contribution < 1.29 is 18.7 Å². The van der Waals surface area contributed by atoms with Crippen molar-refractivity contribution in [1.82, 2.24) is 0 Å². The molecule has 1 aliphatic rings. The molecule has 4 aromatic rings. The molecule has 172 valence electrons. The molecule has 0 fully saturated rings. The number of hydrogen-bond donors (Lipinski definition) is 0. The van der Waals surface area contributed by atoms with Crippen LogP contribution in [0.25, 0.3) is 11.0 Å². The fourth-order valence-corrected chi connectivity index (χ4v) is 4.86. The van der Waals surface area contributed by atoms with Crippen LogP contribution in [0, 0.1) is 0 Å². The predicted molar refractivity (Wildman–Crippen MR) is 134 cm³/mol. The first-order chi connectivity index (χ1) is 16.4. The topological polar surface area (TPSA) is 69.0 Å². The predicted octanol–water partition coefficient (Wildman–Crippen LogP) is 6.37. The number of hydrogen-bond acceptors (Lipinski definition) is 5. The van der Waals surface area contributed by atoms with Gasteiger partial charge < -0.3 is 13.9 Å². The van der Waals surface area contributed by atoms with Gasteiger partial charge in [-0.3, -0.25) is 14.5 Å². The SMILES string of the molecule is CCOc1ccc(C2c3c(oc4ccc(Br)cc4c3=O)C(=O)N2c2ccc(OC)c(Cl)c2)cc1. The van der Waals surface area contributed by atoms with E-state index in [1.165, 1.54) is 12.0 Å². The second-order valence-electron chi connectivity index (χ2n) is 7.71. The Morgan fingerprint density at radius 2 is 1.82 bits per heavy atom. The van der Waals surface area contributed by atoms with Gasteiger partial charge in [-0.25, -0.2) is 0 Å². The lowest BCUT2D eigenvalue weighted by Gasteiger charge is -2.26. The average molecular weight is 541 g/mol. The first-order valence-corrected chi connectivity index (χ1v) is 11.8. The van der Waals surface area contributed by atoms with Crippen molar-refractivity contribution in [2.75, 3.05) is 18.6 Å². The molecule has 6 nitrogen and oxygen atoms in total. The Morgan fingerprint density at radius 3 is 2.50 bits per heavy atom. The normalized spacial score (nSPS) is 15.0. The van der Waals surface area contributed by atoms with E-state index in [1.807, 2.05) is 31.2 Å². The quantitative estimate of drug-likeness (QED) is 0.294. The standard InChI is InChI=1S/C26H19BrClNO5/c1-3-33-17-8-4-14(5-9-17)23-22-24(30)18-12-15(27)6-10-20(18)34-25(22)26(31)29(23)16-7-11-21(32-2)19(28)13-16/h4-13,23H,3H2,1-2H3. The summed E-state index contributed by atoms with van der Waals surface area (Å²) in [5.74, 6) is 0.781. The molecular formula is C26H19BrClNO5. The van der Waals surface area contributed by atoms with Gasteiger partial charge in [0.1, 0.15) is 17.1 Å². The first-order valence-electron chi connectivity index (χ1n) is 10.6. The van der Waals surface area contributed by atoms with Crippen molar-refractivity contribution in [3.8, 4) is 11.5 Å². The molecule has 0 bridgehead atoms. The van der Waals surface area contributed by atoms with E-state index in [1.54, 1.807) is 36.4 Å². The van der Waals surface area contributed by atoms with Gasteiger partial charge in [-0.2, -0.15) is 0 Å². The summed E-state index contributed by atoms with van der Waals surface area (Å²) < 4.78 is 17.6. The van der Waals surface area contributed by atoms with E-state index < -0.39 is 11.9 Å². The van der Waals surface area contributed by atoms with Crippen LogP contribution in [0.1, 0.15) is 34.6 Å². The summed E-state index contributed by atoms with van der Waals surface area (Å²) in [5.41, 5.74) is 1.63. The molecule has 1 amide bonds. The number of anilines is 1. The number of nitrogens with zero attached hydrogens (tertiary/aromatic N) is 1. The molecule has 1 aliphatic heterocycles. The molecule has 34 heavy (non-hydrogen) atoms. The maximum atomic E-state index is 13.7. The molecule has 0 spiro atoms. The Morgan fingerprint density at radius 1 is 1.06 bits per heavy atom. The third-order valence-electron chi connectivity index (χ3n) is 5.75. The molecule has 0 aliphatic carbocycles. The summed E-state index contributed by atoms with van der Waals surface area (Å²) in [6, 6.07) is 16.8. The Bertz CT molecular complexity index is 1480. The van der Waals surface area contributed by atoms with Crippen molar-refractivity contribution in [3.63, 3.8) is 0 Å². The number of benzene rings is 3. The van der Waals surface area contributed by atoms with E-state index >= 15 is 0 Å². The van der Waals surface area contributed by atoms with Crippen LogP contribution in [0.15, 0.2) is 74.3 Å². The Hall–Kier alpha value is -3.29. The number of carbonyl (C=O) groups is 1. The van der Waals surface area contributed by atoms with E-state index in [-0.39, 0.29) is 16.8 Å². The van der Waals surface area contributed by atoms with E-state index in [2.05, 4.69) is 15.9 Å². The fraction of sp³-hybridized carbons (Fsp3) is 0.154. The molecule has 2 heterocycles. The Balaban J connectivity index is 1.75. The zero-order valence-electron chi connectivity index (χ0n) is 18.3. The van der Waals surface area contributed by atoms with Crippen LogP contribution in [-0.4, -0.2) is 19.6 Å². The third-order valence-corrected chi connectivity index (χ3v) is 6.54. The number of ether oxygens (including phenoxy) is 2. The molecule has 0 saturated heterocycles. The number of halogens is 2. The van der Waals surface area contributed by atoms with Crippen LogP contribution >= 0.6 is 27.5 Å². The largest absolute Gasteiger partial charge is 0.495 e. The third kappa shape index (κ3) is 3.65. The average Bonchev–Trinajstić information content (AvgIpc) is 3.13. The minimum absolute atomic E-state index is 0.0191. The summed E-state index contributed by atoms with van der Waals surface area (Å²) in [4.78, 5) is 28.9. The molecule has 8 heteroatoms. The minimum atomic E-state index is -0.706. The number of amides is 1. The molecule has 3 aromatic carbocycles. The molecule has 1 aromatic heterocycles. The highest BCUT2D eigenvalue weighted by atomic mass is 79.9. The smallest absolute Gasteiger partial charge is 0.295 e. The number of fused-ring (bicyclic) bond motifs is 2. The van der Waals surface area contributed by atoms with Crippen LogP contribution in [-0.2, 0) is 0 Å². The zero-order valence-corrected chi connectivity index (χ0v) is 20.6. The lowest BCUT2D eigenvalue weighted by atomic mass is 9.98. The van der Waals surface area contributed by atoms with Crippen molar-refractivity contribution >= 4 is 50.1 Å². The van der Waals surface area contributed by atoms with Crippen molar-refractivity contribution in [2.45, 2.75) is 13.0 Å². The Kier molecular flexibility index (Phi) is 5.83. The summed E-state index contributed by atoms with van der Waals surface area (Å²) in [6.45, 7) is 2.44. The summed E-state index contributed by atoms with van der Waals surface area (Å²) >= 11 is 9.79. The minimum Gasteiger partial charge on any atom is -0.495 e. The summed E-state index contributed by atoms with van der Waals surface area (Å²) in [6.07, 6.45) is 0. The van der Waals surface area contributed by atoms with E-state index in [9.17, 15) is 9.59 Å². The van der Waals surface area contributed by atoms with Gasteiger partial charge in [-0.1, -0.05) is 39.7 Å². The highest BCUT2D eigenvalue weighted by Gasteiger charge is 2.43. The zero-order chi connectivity index (χ0) is 24.0. The van der Waals surface area contributed by atoms with E-state index in [4.69, 9.17) is 25.5 Å². The number of methoxy groups -OCH3 is 1. The summed E-state index contributed by atoms with van der Waals surface area (Å²) in [5, 5.41) is 0.744. The number of rotatable bonds is 5. The van der Waals surface area contributed by atoms with Crippen LogP contribution in [0.5, 0.6) is 11.5 Å². The molecule has 0 radical (unpaired) electrons. The van der Waals surface area contributed by atoms with Gasteiger partial charge in [0.15, 0.2) is 5.43 Å². The highest BCUT2D eigenvalue weighted by Crippen LogP contribution is 2.43. The molecule has 1 atom stereocenters. The van der Waals surface area contributed by atoms with Crippen molar-refractivity contribution in [3.05, 3.63) is 97.3 Å². The molecule has 1 unspecified atom stereocenters. The molecular weight excluding hydrogens is 522 g/mol. The Labute approximate surface area is 208 Å². The lowest BCUT2D eigenvalue weighted by molar-refractivity contribution is 0.0971. The van der Waals surface area contributed by atoms with E-state index in [0.29, 0.717) is 39.8 Å². The maximum absolute atomic E-state index is 13.7. The van der Waals surface area contributed by atoms with Gasteiger partial charge in [0, 0.05) is 10.2 Å². The maximum Gasteiger partial charge on any atom is 0.295 e. The molecule has 5 rings (SSSR count). The van der Waals surface area contributed by atoms with Gasteiger partial charge in [0.25, 0.3) is 5.91 Å². The fourth-order valence-electron chi connectivity index (χ4n) is 4.24. The van der Waals surface area contributed by atoms with Crippen LogP contribution in [0.3, 0.4) is 0 Å². The van der Waals surface area contributed by atoms with Gasteiger partial charge in [0.05, 0.1) is 35.7 Å². The monoisotopic (exact) mass is 539 g/mol.